The van der Waals surface area contributed by atoms with Crippen LogP contribution >= 0.6 is 0 Å². The van der Waals surface area contributed by atoms with E-state index < -0.39 is 150 Å². The maximum Gasteiger partial charge on any atom is 0.410 e. The third-order valence-electron chi connectivity index (χ3n) is 12.6. The molecule has 2 aliphatic heterocycles. The second-order valence-corrected chi connectivity index (χ2v) is 21.4. The van der Waals surface area contributed by atoms with Gasteiger partial charge in [-0.05, 0) is 103 Å². The minimum atomic E-state index is -1.98. The zero-order valence-corrected chi connectivity index (χ0v) is 45.0. The molecule has 12 atom stereocenters. The van der Waals surface area contributed by atoms with E-state index in [-0.39, 0.29) is 49.9 Å². The Labute approximate surface area is 454 Å². The molecule has 1 unspecified atom stereocenters. The summed E-state index contributed by atoms with van der Waals surface area (Å²) in [7, 11) is 1.27. The summed E-state index contributed by atoms with van der Waals surface area (Å²) in [4.78, 5) is 89.7. The molecule has 29 heteroatoms. The van der Waals surface area contributed by atoms with E-state index >= 15 is 0 Å². The first kappa shape index (κ1) is 62.8. The maximum absolute atomic E-state index is 14.0. The second kappa shape index (κ2) is 27.3. The van der Waals surface area contributed by atoms with E-state index in [1.54, 1.807) is 47.6 Å². The van der Waals surface area contributed by atoms with E-state index in [2.05, 4.69) is 26.6 Å². The van der Waals surface area contributed by atoms with Crippen LogP contribution in [0, 0.1) is 26.1 Å². The number of nitrogens with one attached hydrogen (secondary N) is 5. The first-order valence-electron chi connectivity index (χ1n) is 25.2. The van der Waals surface area contributed by atoms with Gasteiger partial charge in [-0.1, -0.05) is 0 Å². The number of non-ortho nitro benzene ring substituents is 2. The minimum Gasteiger partial charge on any atom is -0.491 e. The van der Waals surface area contributed by atoms with Gasteiger partial charge in [0.2, 0.25) is 0 Å². The van der Waals surface area contributed by atoms with Crippen LogP contribution in [0.5, 0.6) is 0 Å². The molecule has 2 heterocycles. The zero-order valence-electron chi connectivity index (χ0n) is 45.0. The van der Waals surface area contributed by atoms with Gasteiger partial charge in [0, 0.05) is 49.8 Å². The van der Waals surface area contributed by atoms with Crippen molar-refractivity contribution in [3.63, 3.8) is 0 Å². The van der Waals surface area contributed by atoms with Crippen molar-refractivity contribution in [3.05, 3.63) is 91.7 Å². The van der Waals surface area contributed by atoms with Crippen LogP contribution in [0.25, 0.3) is 0 Å². The normalized spacial score (nSPS) is 26.4. The zero-order chi connectivity index (χ0) is 58.6. The average molecular weight is 1120 g/mol. The number of benzene rings is 2. The van der Waals surface area contributed by atoms with Gasteiger partial charge in [0.1, 0.15) is 60.2 Å². The second-order valence-electron chi connectivity index (χ2n) is 21.4. The van der Waals surface area contributed by atoms with Crippen molar-refractivity contribution < 1.29 is 92.5 Å². The van der Waals surface area contributed by atoms with Crippen LogP contribution in [0.1, 0.15) is 72.4 Å². The van der Waals surface area contributed by atoms with Gasteiger partial charge in [-0.25, -0.2) is 19.2 Å². The Morgan fingerprint density at radius 1 is 0.810 bits per heavy atom. The van der Waals surface area contributed by atoms with Crippen molar-refractivity contribution in [1.29, 1.82) is 0 Å². The van der Waals surface area contributed by atoms with Crippen LogP contribution in [-0.4, -0.2) is 188 Å². The Morgan fingerprint density at radius 3 is 1.87 bits per heavy atom. The molecule has 438 valence electrons. The van der Waals surface area contributed by atoms with Crippen LogP contribution in [0.4, 0.5) is 30.6 Å². The highest BCUT2D eigenvalue weighted by Gasteiger charge is 2.56. The molecule has 1 aliphatic carbocycles. The molecule has 2 fully saturated rings. The average Bonchev–Trinajstić information content (AvgIpc) is 3.44. The molecule has 5 amide bonds. The predicted molar refractivity (Wildman–Crippen MR) is 273 cm³/mol. The number of nitro groups is 2. The van der Waals surface area contributed by atoms with Crippen LogP contribution in [0.2, 0.25) is 0 Å². The van der Waals surface area contributed by atoms with Crippen LogP contribution < -0.4 is 26.6 Å². The minimum absolute atomic E-state index is 0.00891. The van der Waals surface area contributed by atoms with E-state index in [1.807, 2.05) is 0 Å². The molecule has 3 aliphatic rings. The van der Waals surface area contributed by atoms with Gasteiger partial charge in [-0.2, -0.15) is 0 Å². The molecule has 2 aromatic carbocycles. The van der Waals surface area contributed by atoms with E-state index in [9.17, 15) is 69.7 Å². The summed E-state index contributed by atoms with van der Waals surface area (Å²) >= 11 is 0. The number of alkyl carbamates (subject to hydrolysis) is 3. The Hall–Kier alpha value is -6.99. The van der Waals surface area contributed by atoms with Gasteiger partial charge >= 0.3 is 24.4 Å². The Morgan fingerprint density at radius 2 is 1.35 bits per heavy atom. The van der Waals surface area contributed by atoms with Crippen LogP contribution in [0.15, 0.2) is 60.4 Å². The number of nitro benzene ring substituents is 2. The highest BCUT2D eigenvalue weighted by atomic mass is 16.7. The van der Waals surface area contributed by atoms with Gasteiger partial charge in [0.25, 0.3) is 17.3 Å². The lowest BCUT2D eigenvalue weighted by atomic mass is 9.72. The fourth-order valence-electron chi connectivity index (χ4n) is 9.04. The summed E-state index contributed by atoms with van der Waals surface area (Å²) in [6.07, 6.45) is -13.7. The molecular formula is C50H72N8O21. The summed E-state index contributed by atoms with van der Waals surface area (Å²) in [6.45, 7) is 8.75. The van der Waals surface area contributed by atoms with Gasteiger partial charge in [0.15, 0.2) is 6.29 Å². The molecule has 79 heavy (non-hydrogen) atoms. The Kier molecular flexibility index (Phi) is 21.7. The van der Waals surface area contributed by atoms with Gasteiger partial charge < -0.3 is 90.2 Å². The third-order valence-corrected chi connectivity index (χ3v) is 12.6. The highest BCUT2D eigenvalue weighted by Crippen LogP contribution is 2.39. The lowest BCUT2D eigenvalue weighted by Gasteiger charge is -2.52. The molecule has 29 nitrogen and oxygen atoms in total. The number of amides is 5. The molecule has 1 saturated carbocycles. The van der Waals surface area contributed by atoms with Crippen molar-refractivity contribution in [2.45, 2.75) is 152 Å². The standard InChI is InChI=1S/C50H72N8O21/c1-48(2,3)78-44(64)52-23-35(60)42(63)53-34-21-33(55-46(66)74-25-28-11-15-30(16-12-28)58(71)72)36(37(61)40(34)77-43-38(62)41(50(7,68)26-75-43)56(8)47(67)79-49(4,5)6)39-32(18-17-31(76-39)22-51-19-20-59)54-45(65)73-24-27-9-13-29(14-10-27)57(69)70/h9-17,32-41,43,51,59-62,68H,18-26H2,1-8H3,(H,52,64)(H,53,63)(H,54,65)(H,55,66)/t32-,33+,34-,35+,36-,37+,38-,39?,40+,41-,43-,50+/m1/s1. The summed E-state index contributed by atoms with van der Waals surface area (Å²) in [5.74, 6) is -2.33. The fourth-order valence-corrected chi connectivity index (χ4v) is 9.04. The number of aliphatic hydroxyl groups is 5. The molecule has 0 aromatic heterocycles. The fraction of sp³-hybridized carbons (Fsp3) is 0.620. The molecule has 0 spiro atoms. The van der Waals surface area contributed by atoms with Crippen LogP contribution in [0.3, 0.4) is 0 Å². The SMILES string of the molecule is CN(C(=O)OC(C)(C)C)[C@@H]1[C@@H](O)[C@@H](O[C@@H]2[C@@H](O)[C@H](C3OC(CNCCO)=CC[C@H]3NC(=O)OCc3ccc([N+](=O)[O-])cc3)[C@@H](NC(=O)OCc3ccc([N+](=O)[O-])cc3)C[C@H]2NC(=O)[C@@H](O)CNC(=O)OC(C)(C)C)OC[C@]1(C)O. The highest BCUT2D eigenvalue weighted by molar-refractivity contribution is 5.82. The number of carbonyl (C=O) groups is 5. The van der Waals surface area contributed by atoms with Gasteiger partial charge in [-0.3, -0.25) is 25.0 Å². The Balaban J connectivity index is 1.56. The van der Waals surface area contributed by atoms with Crippen molar-refractivity contribution in [2.24, 2.45) is 5.92 Å². The summed E-state index contributed by atoms with van der Waals surface area (Å²) < 4.78 is 40.6. The Bertz CT molecular complexity index is 2470. The molecular weight excluding hydrogens is 1050 g/mol. The van der Waals surface area contributed by atoms with Crippen LogP contribution in [-0.2, 0) is 51.2 Å². The topological polar surface area (TPSA) is 401 Å². The van der Waals surface area contributed by atoms with Gasteiger partial charge in [-0.15, -0.1) is 0 Å². The number of carbonyl (C=O) groups excluding carboxylic acids is 5. The van der Waals surface area contributed by atoms with Crippen molar-refractivity contribution >= 4 is 41.7 Å². The number of ether oxygens (including phenoxy) is 7. The number of rotatable bonds is 20. The lowest BCUT2D eigenvalue weighted by molar-refractivity contribution is -0.385. The van der Waals surface area contributed by atoms with Gasteiger partial charge in [0.05, 0.1) is 60.4 Å². The van der Waals surface area contributed by atoms with E-state index in [0.717, 1.165) is 4.90 Å². The number of aliphatic hydroxyl groups excluding tert-OH is 4. The number of nitrogens with zero attached hydrogens (tertiary/aromatic N) is 3. The molecule has 1 saturated heterocycles. The largest absolute Gasteiger partial charge is 0.491 e. The number of hydrogen-bond donors (Lipinski definition) is 10. The molecule has 2 aromatic rings. The van der Waals surface area contributed by atoms with E-state index in [4.69, 9.17) is 33.2 Å². The van der Waals surface area contributed by atoms with Crippen molar-refractivity contribution in [2.75, 3.05) is 39.9 Å². The summed E-state index contributed by atoms with van der Waals surface area (Å²) in [6, 6.07) is 4.87. The number of hydrogen-bond acceptors (Lipinski definition) is 22. The lowest BCUT2D eigenvalue weighted by Crippen LogP contribution is -2.71. The molecule has 0 bridgehead atoms. The number of likely N-dealkylation sites (N-methyl/N-ethyl adjacent to an activating group) is 1. The first-order valence-corrected chi connectivity index (χ1v) is 25.2. The molecule has 0 radical (unpaired) electrons. The van der Waals surface area contributed by atoms with E-state index in [0.29, 0.717) is 11.1 Å². The summed E-state index contributed by atoms with van der Waals surface area (Å²) in [5.41, 5.74) is -3.60. The monoisotopic (exact) mass is 1120 g/mol. The van der Waals surface area contributed by atoms with E-state index in [1.165, 1.54) is 62.5 Å². The summed E-state index contributed by atoms with van der Waals surface area (Å²) in [5, 5.41) is 93.0. The van der Waals surface area contributed by atoms with Crippen molar-refractivity contribution in [1.82, 2.24) is 31.5 Å². The first-order chi connectivity index (χ1) is 37.0. The third kappa shape index (κ3) is 18.3. The smallest absolute Gasteiger partial charge is 0.410 e. The van der Waals surface area contributed by atoms with Crippen molar-refractivity contribution in [3.8, 4) is 0 Å². The maximum atomic E-state index is 14.0. The quantitative estimate of drug-likeness (QED) is 0.0388. The predicted octanol–water partition coefficient (Wildman–Crippen LogP) is 1.49. The molecule has 5 rings (SSSR count). The molecule has 10 N–H and O–H groups in total.